The number of azo groups is 1. The molecule has 4 nitrogen and oxygen atoms in total. The molecule has 0 atom stereocenters. The van der Waals surface area contributed by atoms with Gasteiger partial charge in [0, 0.05) is 0 Å². The zero-order chi connectivity index (χ0) is 13.5. The second-order valence-corrected chi connectivity index (χ2v) is 9.87. The van der Waals surface area contributed by atoms with E-state index in [1.54, 1.807) is 7.05 Å². The van der Waals surface area contributed by atoms with Crippen LogP contribution in [0.3, 0.4) is 0 Å². The van der Waals surface area contributed by atoms with E-state index < -0.39 is 0 Å². The molecule has 2 rings (SSSR count). The van der Waals surface area contributed by atoms with Gasteiger partial charge in [-0.25, -0.2) is 0 Å². The van der Waals surface area contributed by atoms with Crippen LogP contribution in [0.25, 0.3) is 4.98 Å². The van der Waals surface area contributed by atoms with Crippen LogP contribution in [0.1, 0.15) is 0 Å². The fraction of sp³-hybridized carbons (Fsp3) is 0.0769. The van der Waals surface area contributed by atoms with Gasteiger partial charge >= 0.3 is 123 Å². The van der Waals surface area contributed by atoms with Crippen molar-refractivity contribution in [3.8, 4) is 0 Å². The van der Waals surface area contributed by atoms with Crippen LogP contribution in [0, 0.1) is 5.39 Å². The molecule has 0 aliphatic rings. The molecule has 0 heterocycles. The summed E-state index contributed by atoms with van der Waals surface area (Å²) >= 11 is 0.890. The minimum atomic E-state index is 0.439. The summed E-state index contributed by atoms with van der Waals surface area (Å²) < 4.78 is 2.68. The monoisotopic (exact) mass is 383 g/mol. The number of rotatable bonds is 4. The van der Waals surface area contributed by atoms with E-state index in [2.05, 4.69) is 27.3 Å². The van der Waals surface area contributed by atoms with Gasteiger partial charge in [-0.15, -0.1) is 0 Å². The normalized spacial score (nSPS) is 10.5. The Hall–Kier alpha value is -1.50. The van der Waals surface area contributed by atoms with Crippen molar-refractivity contribution in [2.45, 2.75) is 0 Å². The third kappa shape index (κ3) is 4.27. The molecular weight excluding hydrogens is 370 g/mol. The van der Waals surface area contributed by atoms with Crippen LogP contribution >= 0.6 is 0 Å². The van der Waals surface area contributed by atoms with E-state index in [1.807, 2.05) is 36.4 Å². The van der Waals surface area contributed by atoms with Crippen LogP contribution in [-0.2, 0) is 0 Å². The van der Waals surface area contributed by atoms with Gasteiger partial charge in [0.25, 0.3) is 0 Å². The SMILES string of the molecule is CN=Nc1ccc([Se][Se]c2ccc([N+]#N)cc2)cc1. The quantitative estimate of drug-likeness (QED) is 0.455. The van der Waals surface area contributed by atoms with Crippen molar-refractivity contribution in [2.75, 3.05) is 7.05 Å². The summed E-state index contributed by atoms with van der Waals surface area (Å²) in [6, 6.07) is 15.9. The Kier molecular flexibility index (Phi) is 5.26. The van der Waals surface area contributed by atoms with Gasteiger partial charge in [-0.3, -0.25) is 0 Å². The first-order chi connectivity index (χ1) is 9.31. The predicted octanol–water partition coefficient (Wildman–Crippen LogP) is 2.16. The molecule has 0 saturated heterocycles. The average molecular weight is 381 g/mol. The summed E-state index contributed by atoms with van der Waals surface area (Å²) in [4.78, 5) is 3.15. The molecule has 19 heavy (non-hydrogen) atoms. The zero-order valence-electron chi connectivity index (χ0n) is 10.2. The van der Waals surface area contributed by atoms with E-state index in [4.69, 9.17) is 5.39 Å². The second kappa shape index (κ2) is 7.18. The number of hydrogen-bond acceptors (Lipinski definition) is 3. The Morgan fingerprint density at radius 3 is 1.89 bits per heavy atom. The number of benzene rings is 2. The fourth-order valence-electron chi connectivity index (χ4n) is 1.35. The molecule has 6 heteroatoms. The Labute approximate surface area is 122 Å². The van der Waals surface area contributed by atoms with Crippen molar-refractivity contribution in [3.63, 3.8) is 0 Å². The average Bonchev–Trinajstić information content (AvgIpc) is 2.47. The molecule has 0 bridgehead atoms. The third-order valence-corrected chi connectivity index (χ3v) is 9.47. The van der Waals surface area contributed by atoms with Gasteiger partial charge in [0.2, 0.25) is 0 Å². The van der Waals surface area contributed by atoms with Gasteiger partial charge in [0.1, 0.15) is 0 Å². The molecule has 0 aliphatic heterocycles. The third-order valence-electron chi connectivity index (χ3n) is 2.24. The molecule has 0 aromatic heterocycles. The standard InChI is InChI=1S/C13H11N4Se2/c1-15-17-11-4-8-13(9-5-11)19-18-12-6-2-10(16-14)3-7-12/h2-9H,1H3/q+1. The molecule has 0 amide bonds. The zero-order valence-corrected chi connectivity index (χ0v) is 13.7. The molecule has 0 spiro atoms. The van der Waals surface area contributed by atoms with Gasteiger partial charge in [-0.05, 0) is 0 Å². The number of nitrogens with zero attached hydrogens (tertiary/aromatic N) is 4. The Morgan fingerprint density at radius 1 is 0.895 bits per heavy atom. The van der Waals surface area contributed by atoms with Crippen LogP contribution in [0.15, 0.2) is 58.8 Å². The van der Waals surface area contributed by atoms with Crippen molar-refractivity contribution in [1.82, 2.24) is 0 Å². The summed E-state index contributed by atoms with van der Waals surface area (Å²) in [7, 11) is 1.67. The second-order valence-electron chi connectivity index (χ2n) is 3.55. The molecule has 0 N–H and O–H groups in total. The van der Waals surface area contributed by atoms with E-state index in [1.165, 1.54) is 8.92 Å². The summed E-state index contributed by atoms with van der Waals surface area (Å²) in [5.41, 5.74) is 1.49. The van der Waals surface area contributed by atoms with Crippen molar-refractivity contribution < 1.29 is 0 Å². The van der Waals surface area contributed by atoms with Crippen molar-refractivity contribution >= 4 is 46.6 Å². The Balaban J connectivity index is 1.96. The molecule has 2 aromatic carbocycles. The molecule has 0 aliphatic carbocycles. The molecule has 0 fully saturated rings. The predicted molar refractivity (Wildman–Crippen MR) is 78.8 cm³/mol. The van der Waals surface area contributed by atoms with Crippen LogP contribution in [0.5, 0.6) is 0 Å². The molecule has 0 saturated carbocycles. The molecule has 0 radical (unpaired) electrons. The molecule has 94 valence electrons. The summed E-state index contributed by atoms with van der Waals surface area (Å²) in [6.45, 7) is 0. The number of hydrogen-bond donors (Lipinski definition) is 0. The first kappa shape index (κ1) is 13.9. The van der Waals surface area contributed by atoms with Crippen LogP contribution in [-0.4, -0.2) is 33.3 Å². The Morgan fingerprint density at radius 2 is 1.42 bits per heavy atom. The summed E-state index contributed by atoms with van der Waals surface area (Å²) in [6.07, 6.45) is 0. The number of diazo groups is 1. The van der Waals surface area contributed by atoms with E-state index in [9.17, 15) is 0 Å². The van der Waals surface area contributed by atoms with Crippen LogP contribution in [0.4, 0.5) is 11.4 Å². The molecular formula is C13H11N4Se2+. The van der Waals surface area contributed by atoms with Gasteiger partial charge in [0.15, 0.2) is 0 Å². The van der Waals surface area contributed by atoms with E-state index in [0.717, 1.165) is 5.69 Å². The maximum atomic E-state index is 8.62. The van der Waals surface area contributed by atoms with Gasteiger partial charge < -0.3 is 0 Å². The van der Waals surface area contributed by atoms with E-state index in [-0.39, 0.29) is 0 Å². The first-order valence-corrected chi connectivity index (χ1v) is 11.6. The van der Waals surface area contributed by atoms with Gasteiger partial charge in [-0.1, -0.05) is 0 Å². The summed E-state index contributed by atoms with van der Waals surface area (Å²) in [5.74, 6) is 0. The first-order valence-electron chi connectivity index (χ1n) is 5.51. The van der Waals surface area contributed by atoms with Crippen LogP contribution in [0.2, 0.25) is 0 Å². The van der Waals surface area contributed by atoms with Crippen LogP contribution < -0.4 is 8.92 Å². The Bertz CT molecular complexity index is 600. The molecule has 0 unspecified atom stereocenters. The van der Waals surface area contributed by atoms with Crippen molar-refractivity contribution in [2.24, 2.45) is 10.2 Å². The van der Waals surface area contributed by atoms with Gasteiger partial charge in [-0.2, -0.15) is 0 Å². The molecule has 2 aromatic rings. The van der Waals surface area contributed by atoms with Gasteiger partial charge in [0.05, 0.1) is 0 Å². The maximum absolute atomic E-state index is 8.62. The van der Waals surface area contributed by atoms with E-state index in [0.29, 0.717) is 32.0 Å². The van der Waals surface area contributed by atoms with Crippen molar-refractivity contribution in [1.29, 1.82) is 5.39 Å². The fourth-order valence-corrected chi connectivity index (χ4v) is 7.31. The summed E-state index contributed by atoms with van der Waals surface area (Å²) in [5, 5.41) is 16.4. The topological polar surface area (TPSA) is 52.9 Å². The van der Waals surface area contributed by atoms with E-state index >= 15 is 0 Å². The minimum absolute atomic E-state index is 0.439. The van der Waals surface area contributed by atoms with Crippen molar-refractivity contribution in [3.05, 3.63) is 53.5 Å².